The van der Waals surface area contributed by atoms with Crippen molar-refractivity contribution < 1.29 is 14.3 Å². The molecule has 0 saturated carbocycles. The van der Waals surface area contributed by atoms with Crippen LogP contribution in [0, 0.1) is 5.92 Å². The zero-order valence-electron chi connectivity index (χ0n) is 19.8. The Bertz CT molecular complexity index is 1020. The second-order valence-corrected chi connectivity index (χ2v) is 9.24. The molecule has 5 rings (SSSR count). The van der Waals surface area contributed by atoms with E-state index in [-0.39, 0.29) is 0 Å². The average molecular weight is 463 g/mol. The Labute approximate surface area is 201 Å². The Kier molecular flexibility index (Phi) is 7.13. The van der Waals surface area contributed by atoms with Gasteiger partial charge in [-0.3, -0.25) is 4.90 Å². The number of rotatable bonds is 8. The minimum Gasteiger partial charge on any atom is -0.410 e. The van der Waals surface area contributed by atoms with Crippen molar-refractivity contribution >= 4 is 6.09 Å². The molecule has 1 saturated heterocycles. The quantitative estimate of drug-likeness (QED) is 0.551. The van der Waals surface area contributed by atoms with Crippen LogP contribution in [-0.2, 0) is 15.9 Å². The summed E-state index contributed by atoms with van der Waals surface area (Å²) >= 11 is 0. The summed E-state index contributed by atoms with van der Waals surface area (Å²) in [5, 5.41) is 10.2. The van der Waals surface area contributed by atoms with Gasteiger partial charge >= 0.3 is 6.09 Å². The van der Waals surface area contributed by atoms with Crippen LogP contribution >= 0.6 is 0 Å². The molecule has 3 N–H and O–H groups in total. The number of nitrogens with zero attached hydrogens (tertiary/aromatic N) is 1. The molecule has 2 aliphatic heterocycles. The molecule has 1 fully saturated rings. The number of carbonyl (C=O) groups excluding carboxylic acids is 1. The summed E-state index contributed by atoms with van der Waals surface area (Å²) in [6.07, 6.45) is 6.58. The smallest absolute Gasteiger partial charge is 0.410 e. The molecule has 1 amide bonds. The highest BCUT2D eigenvalue weighted by atomic mass is 16.6. The van der Waals surface area contributed by atoms with Gasteiger partial charge in [-0.05, 0) is 41.2 Å². The maximum atomic E-state index is 12.3. The largest absolute Gasteiger partial charge is 0.412 e. The molecule has 1 aromatic rings. The van der Waals surface area contributed by atoms with E-state index >= 15 is 0 Å². The summed E-state index contributed by atoms with van der Waals surface area (Å²) in [5.41, 5.74) is 6.03. The molecule has 2 unspecified atom stereocenters. The monoisotopic (exact) mass is 462 g/mol. The van der Waals surface area contributed by atoms with Crippen molar-refractivity contribution in [3.8, 4) is 0 Å². The number of carbonyl (C=O) groups is 1. The summed E-state index contributed by atoms with van der Waals surface area (Å²) in [6, 6.07) is 10.4. The lowest BCUT2D eigenvalue weighted by molar-refractivity contribution is 0.0382. The fourth-order valence-corrected chi connectivity index (χ4v) is 5.16. The summed E-state index contributed by atoms with van der Waals surface area (Å²) in [4.78, 5) is 14.8. The summed E-state index contributed by atoms with van der Waals surface area (Å²) < 4.78 is 11.0. The summed E-state index contributed by atoms with van der Waals surface area (Å²) in [5.74, 6) is 0.915. The molecule has 1 aromatic carbocycles. The van der Waals surface area contributed by atoms with E-state index in [1.54, 1.807) is 0 Å². The molecule has 7 nitrogen and oxygen atoms in total. The van der Waals surface area contributed by atoms with Gasteiger partial charge in [0.05, 0.1) is 13.2 Å². The number of nitrogens with one attached hydrogen (secondary N) is 3. The third kappa shape index (κ3) is 5.27. The van der Waals surface area contributed by atoms with Crippen molar-refractivity contribution in [1.82, 2.24) is 20.9 Å². The van der Waals surface area contributed by atoms with Gasteiger partial charge in [-0.2, -0.15) is 0 Å². The first kappa shape index (κ1) is 22.9. The highest BCUT2D eigenvalue weighted by Crippen LogP contribution is 2.41. The van der Waals surface area contributed by atoms with Crippen molar-refractivity contribution in [2.75, 3.05) is 52.5 Å². The first-order chi connectivity index (χ1) is 16.7. The van der Waals surface area contributed by atoms with Gasteiger partial charge in [0.25, 0.3) is 0 Å². The maximum Gasteiger partial charge on any atom is 0.412 e. The van der Waals surface area contributed by atoms with E-state index < -0.39 is 6.09 Å². The lowest BCUT2D eigenvalue weighted by Crippen LogP contribution is -2.43. The molecule has 0 spiro atoms. The molecule has 7 heteroatoms. The molecule has 2 atom stereocenters. The van der Waals surface area contributed by atoms with Gasteiger partial charge in [-0.15, -0.1) is 0 Å². The lowest BCUT2D eigenvalue weighted by atomic mass is 9.84. The van der Waals surface area contributed by atoms with Gasteiger partial charge in [-0.25, -0.2) is 4.79 Å². The van der Waals surface area contributed by atoms with Crippen molar-refractivity contribution in [1.29, 1.82) is 0 Å². The molecule has 34 heavy (non-hydrogen) atoms. The third-order valence-electron chi connectivity index (χ3n) is 6.89. The van der Waals surface area contributed by atoms with E-state index in [0.717, 1.165) is 63.5 Å². The first-order valence-electron chi connectivity index (χ1n) is 12.3. The number of hydrogen-bond acceptors (Lipinski definition) is 6. The maximum absolute atomic E-state index is 12.3. The highest BCUT2D eigenvalue weighted by Gasteiger charge is 2.35. The number of amides is 1. The molecular weight excluding hydrogens is 428 g/mol. The molecule has 4 aliphatic rings. The molecule has 0 radical (unpaired) electrons. The average Bonchev–Trinajstić information content (AvgIpc) is 3.45. The molecule has 180 valence electrons. The van der Waals surface area contributed by atoms with Crippen LogP contribution in [0.1, 0.15) is 12.5 Å². The van der Waals surface area contributed by atoms with E-state index in [1.165, 1.54) is 16.8 Å². The predicted molar refractivity (Wildman–Crippen MR) is 132 cm³/mol. The van der Waals surface area contributed by atoms with Crippen molar-refractivity contribution in [2.45, 2.75) is 19.4 Å². The van der Waals surface area contributed by atoms with Gasteiger partial charge in [0.2, 0.25) is 0 Å². The van der Waals surface area contributed by atoms with Crippen molar-refractivity contribution in [3.05, 3.63) is 82.3 Å². The molecule has 0 aromatic heterocycles. The number of morpholine rings is 1. The second kappa shape index (κ2) is 10.6. The van der Waals surface area contributed by atoms with Gasteiger partial charge in [0, 0.05) is 56.6 Å². The van der Waals surface area contributed by atoms with Gasteiger partial charge in [0.15, 0.2) is 0 Å². The van der Waals surface area contributed by atoms with E-state index in [9.17, 15) is 4.79 Å². The first-order valence-corrected chi connectivity index (χ1v) is 12.3. The number of benzene rings is 1. The molecule has 0 bridgehead atoms. The van der Waals surface area contributed by atoms with Crippen LogP contribution in [0.4, 0.5) is 4.79 Å². The van der Waals surface area contributed by atoms with Gasteiger partial charge in [-0.1, -0.05) is 43.3 Å². The molecular formula is C27H34N4O3. The van der Waals surface area contributed by atoms with Crippen LogP contribution in [0.3, 0.4) is 0 Å². The Morgan fingerprint density at radius 3 is 2.82 bits per heavy atom. The van der Waals surface area contributed by atoms with Crippen molar-refractivity contribution in [2.24, 2.45) is 5.92 Å². The van der Waals surface area contributed by atoms with E-state index in [4.69, 9.17) is 9.47 Å². The van der Waals surface area contributed by atoms with Crippen LogP contribution in [0.25, 0.3) is 0 Å². The van der Waals surface area contributed by atoms with Crippen LogP contribution in [0.2, 0.25) is 0 Å². The van der Waals surface area contributed by atoms with Crippen LogP contribution < -0.4 is 16.0 Å². The number of alkyl carbamates (subject to hydrolysis) is 1. The van der Waals surface area contributed by atoms with Crippen LogP contribution in [-0.4, -0.2) is 69.5 Å². The standard InChI is InChI=1S/C27H34N4O3/c1-19-15-21-16-22(34-27(32)29-8-7-20-5-3-2-4-6-20)17-23(21)26-25(19)24(18-30-26)28-9-10-31-11-13-33-14-12-31/h2-6,15-17,19,24,28,30H,7-14,18H2,1H3,(H,29,32). The number of hydrogen-bond donors (Lipinski definition) is 3. The summed E-state index contributed by atoms with van der Waals surface area (Å²) in [7, 11) is 0. The third-order valence-corrected chi connectivity index (χ3v) is 6.89. The lowest BCUT2D eigenvalue weighted by Gasteiger charge is -2.28. The highest BCUT2D eigenvalue weighted by molar-refractivity contribution is 5.72. The van der Waals surface area contributed by atoms with Crippen LogP contribution in [0.5, 0.6) is 0 Å². The Balaban J connectivity index is 1.15. The van der Waals surface area contributed by atoms with E-state index in [2.05, 4.69) is 46.0 Å². The molecule has 2 heterocycles. The SMILES string of the molecule is CC1C=C2C=C(OC(=O)NCCc3ccccc3)C=C2C2=C1C(NCCN1CCOCC1)CN2. The Hall–Kier alpha value is -2.87. The summed E-state index contributed by atoms with van der Waals surface area (Å²) in [6.45, 7) is 9.37. The van der Waals surface area contributed by atoms with E-state index in [0.29, 0.717) is 24.3 Å². The Morgan fingerprint density at radius 1 is 1.18 bits per heavy atom. The fraction of sp³-hybridized carbons (Fsp3) is 0.444. The number of fused-ring (bicyclic) bond motifs is 2. The second-order valence-electron chi connectivity index (χ2n) is 9.24. The fourth-order valence-electron chi connectivity index (χ4n) is 5.16. The topological polar surface area (TPSA) is 74.9 Å². The predicted octanol–water partition coefficient (Wildman–Crippen LogP) is 2.50. The van der Waals surface area contributed by atoms with Gasteiger partial charge in [0.1, 0.15) is 5.76 Å². The number of allylic oxidation sites excluding steroid dienone is 4. The Morgan fingerprint density at radius 2 is 2.00 bits per heavy atom. The minimum absolute atomic E-state index is 0.316. The minimum atomic E-state index is -0.414. The van der Waals surface area contributed by atoms with Gasteiger partial charge < -0.3 is 25.4 Å². The van der Waals surface area contributed by atoms with Crippen molar-refractivity contribution in [3.63, 3.8) is 0 Å². The zero-order chi connectivity index (χ0) is 23.3. The van der Waals surface area contributed by atoms with E-state index in [1.807, 2.05) is 30.4 Å². The normalized spacial score (nSPS) is 24.0. The van der Waals surface area contributed by atoms with Crippen LogP contribution in [0.15, 0.2) is 76.7 Å². The molecule has 2 aliphatic carbocycles. The number of ether oxygens (including phenoxy) is 2. The zero-order valence-corrected chi connectivity index (χ0v) is 19.8.